The zero-order valence-corrected chi connectivity index (χ0v) is 12.7. The molecule has 0 unspecified atom stereocenters. The molecule has 0 saturated carbocycles. The molecule has 110 valence electrons. The predicted octanol–water partition coefficient (Wildman–Crippen LogP) is -2.27. The minimum Gasteiger partial charge on any atom is -1.00 e. The predicted molar refractivity (Wildman–Crippen MR) is 77.7 cm³/mol. The third kappa shape index (κ3) is 4.43. The Morgan fingerprint density at radius 2 is 2.15 bits per heavy atom. The van der Waals surface area contributed by atoms with Gasteiger partial charge in [0.2, 0.25) is 6.33 Å². The number of nitrogens with one attached hydrogen (secondary N) is 2. The third-order valence-electron chi connectivity index (χ3n) is 3.08. The molecule has 0 radical (unpaired) electrons. The van der Waals surface area contributed by atoms with Crippen LogP contribution >= 0.6 is 0 Å². The van der Waals surface area contributed by atoms with Crippen molar-refractivity contribution in [2.24, 2.45) is 7.05 Å². The second-order valence-electron chi connectivity index (χ2n) is 4.67. The highest BCUT2D eigenvalue weighted by Crippen LogP contribution is 2.18. The van der Waals surface area contributed by atoms with E-state index in [-0.39, 0.29) is 12.4 Å². The fraction of sp³-hybridized carbons (Fsp3) is 0.357. The van der Waals surface area contributed by atoms with Gasteiger partial charge >= 0.3 is 0 Å². The first kappa shape index (κ1) is 16.3. The number of rotatable bonds is 6. The summed E-state index contributed by atoms with van der Waals surface area (Å²) in [5, 5.41) is 6.48. The molecule has 0 fully saturated rings. The maximum atomic E-state index is 5.93. The molecular formula is C14H22ClN5. The number of nitrogen functional groups attached to an aromatic ring is 1. The molecule has 4 N–H and O–H groups in total. The minimum atomic E-state index is 0. The van der Waals surface area contributed by atoms with Gasteiger partial charge in [-0.25, -0.2) is 9.13 Å². The molecule has 0 saturated heterocycles. The fourth-order valence-electron chi connectivity index (χ4n) is 2.02. The molecule has 5 nitrogen and oxygen atoms in total. The van der Waals surface area contributed by atoms with Crippen molar-refractivity contribution in [1.29, 1.82) is 0 Å². The number of hydrogen-bond donors (Lipinski definition) is 3. The summed E-state index contributed by atoms with van der Waals surface area (Å²) in [5.74, 6) is 0. The summed E-state index contributed by atoms with van der Waals surface area (Å²) in [7, 11) is 3.90. The second kappa shape index (κ2) is 7.77. The van der Waals surface area contributed by atoms with Gasteiger partial charge in [-0.2, -0.15) is 0 Å². The Morgan fingerprint density at radius 3 is 2.75 bits per heavy atom. The Morgan fingerprint density at radius 1 is 1.35 bits per heavy atom. The highest BCUT2D eigenvalue weighted by Gasteiger charge is 2.01. The van der Waals surface area contributed by atoms with Gasteiger partial charge in [0.1, 0.15) is 18.9 Å². The molecule has 1 aromatic heterocycles. The molecule has 6 heteroatoms. The van der Waals surface area contributed by atoms with Gasteiger partial charge in [-0.05, 0) is 17.7 Å². The molecule has 0 atom stereocenters. The highest BCUT2D eigenvalue weighted by molar-refractivity contribution is 5.66. The van der Waals surface area contributed by atoms with E-state index in [9.17, 15) is 0 Å². The molecule has 2 aromatic rings. The first-order chi connectivity index (χ1) is 9.19. The molecule has 2 rings (SSSR count). The average molecular weight is 296 g/mol. The summed E-state index contributed by atoms with van der Waals surface area (Å²) in [5.41, 5.74) is 8.90. The first-order valence-corrected chi connectivity index (χ1v) is 6.47. The first-order valence-electron chi connectivity index (χ1n) is 6.47. The van der Waals surface area contributed by atoms with E-state index in [1.54, 1.807) is 0 Å². The molecule has 20 heavy (non-hydrogen) atoms. The summed E-state index contributed by atoms with van der Waals surface area (Å²) in [6, 6.07) is 6.11. The Bertz CT molecular complexity index is 538. The van der Waals surface area contributed by atoms with Gasteiger partial charge in [0.15, 0.2) is 0 Å². The molecule has 0 bridgehead atoms. The molecule has 1 heterocycles. The molecule has 0 aliphatic rings. The van der Waals surface area contributed by atoms with Crippen molar-refractivity contribution in [2.75, 3.05) is 24.6 Å². The van der Waals surface area contributed by atoms with Gasteiger partial charge in [-0.1, -0.05) is 6.07 Å². The Hall–Kier alpha value is -1.72. The highest BCUT2D eigenvalue weighted by atomic mass is 35.5. The van der Waals surface area contributed by atoms with Gasteiger partial charge in [-0.15, -0.1) is 0 Å². The fourth-order valence-corrected chi connectivity index (χ4v) is 2.02. The van der Waals surface area contributed by atoms with Crippen molar-refractivity contribution in [3.05, 3.63) is 42.5 Å². The maximum absolute atomic E-state index is 5.93. The molecule has 0 aliphatic heterocycles. The van der Waals surface area contributed by atoms with Crippen LogP contribution in [0, 0.1) is 0 Å². The summed E-state index contributed by atoms with van der Waals surface area (Å²) < 4.78 is 4.20. The van der Waals surface area contributed by atoms with Crippen LogP contribution < -0.4 is 33.3 Å². The van der Waals surface area contributed by atoms with Crippen molar-refractivity contribution in [1.82, 2.24) is 9.88 Å². The van der Waals surface area contributed by atoms with E-state index >= 15 is 0 Å². The SMILES string of the molecule is CNc1ccc(CNCC[n+]2ccn(C)c2)cc1N.[Cl-]. The lowest BCUT2D eigenvalue weighted by atomic mass is 10.1. The zero-order chi connectivity index (χ0) is 13.7. The van der Waals surface area contributed by atoms with Gasteiger partial charge in [0.05, 0.1) is 18.4 Å². The van der Waals surface area contributed by atoms with Crippen LogP contribution in [0.2, 0.25) is 0 Å². The van der Waals surface area contributed by atoms with Crippen LogP contribution in [-0.4, -0.2) is 18.2 Å². The standard InChI is InChI=1S/C14H22N5.ClH/c1-16-14-4-3-12(9-13(14)15)10-17-5-6-19-8-7-18(2)11-19;/h3-4,7-9,11,16-17H,5-6,10,15H2,1-2H3;1H/q+1;/p-1. The van der Waals surface area contributed by atoms with Crippen molar-refractivity contribution >= 4 is 11.4 Å². The van der Waals surface area contributed by atoms with E-state index in [1.165, 1.54) is 5.56 Å². The normalized spacial score (nSPS) is 10.1. The van der Waals surface area contributed by atoms with E-state index < -0.39 is 0 Å². The maximum Gasteiger partial charge on any atom is 0.243 e. The number of halogens is 1. The number of aryl methyl sites for hydroxylation is 1. The van der Waals surface area contributed by atoms with E-state index in [1.807, 2.05) is 37.0 Å². The lowest BCUT2D eigenvalue weighted by Crippen LogP contribution is -3.00. The van der Waals surface area contributed by atoms with Crippen LogP contribution in [0.1, 0.15) is 5.56 Å². The molecule has 0 spiro atoms. The summed E-state index contributed by atoms with van der Waals surface area (Å²) in [6.07, 6.45) is 6.18. The van der Waals surface area contributed by atoms with Crippen molar-refractivity contribution < 1.29 is 17.0 Å². The molecule has 0 amide bonds. The average Bonchev–Trinajstić information content (AvgIpc) is 2.81. The zero-order valence-electron chi connectivity index (χ0n) is 11.9. The van der Waals surface area contributed by atoms with Crippen LogP contribution in [-0.2, 0) is 20.1 Å². The Kier molecular flexibility index (Phi) is 6.35. The van der Waals surface area contributed by atoms with E-state index in [4.69, 9.17) is 5.73 Å². The van der Waals surface area contributed by atoms with Crippen LogP contribution in [0.25, 0.3) is 0 Å². The van der Waals surface area contributed by atoms with Gasteiger partial charge in [0.25, 0.3) is 0 Å². The number of nitrogens with zero attached hydrogens (tertiary/aromatic N) is 2. The van der Waals surface area contributed by atoms with Crippen molar-refractivity contribution in [3.8, 4) is 0 Å². The largest absolute Gasteiger partial charge is 1.00 e. The lowest BCUT2D eigenvalue weighted by molar-refractivity contribution is -0.694. The Labute approximate surface area is 126 Å². The smallest absolute Gasteiger partial charge is 0.243 e. The molecular weight excluding hydrogens is 274 g/mol. The molecule has 0 aliphatic carbocycles. The molecule has 1 aromatic carbocycles. The monoisotopic (exact) mass is 295 g/mol. The quantitative estimate of drug-likeness (QED) is 0.320. The lowest BCUT2D eigenvalue weighted by Gasteiger charge is -2.08. The van der Waals surface area contributed by atoms with E-state index in [0.29, 0.717) is 0 Å². The number of aromatic nitrogens is 2. The summed E-state index contributed by atoms with van der Waals surface area (Å²) >= 11 is 0. The van der Waals surface area contributed by atoms with Crippen LogP contribution in [0.5, 0.6) is 0 Å². The third-order valence-corrected chi connectivity index (χ3v) is 3.08. The van der Waals surface area contributed by atoms with E-state index in [2.05, 4.69) is 33.8 Å². The number of anilines is 2. The van der Waals surface area contributed by atoms with Gasteiger partial charge in [-0.3, -0.25) is 0 Å². The summed E-state index contributed by atoms with van der Waals surface area (Å²) in [4.78, 5) is 0. The van der Waals surface area contributed by atoms with Crippen molar-refractivity contribution in [2.45, 2.75) is 13.1 Å². The summed E-state index contributed by atoms with van der Waals surface area (Å²) in [6.45, 7) is 2.73. The Balaban J connectivity index is 0.00000200. The number of imidazole rings is 1. The van der Waals surface area contributed by atoms with Crippen LogP contribution in [0.15, 0.2) is 36.9 Å². The minimum absolute atomic E-state index is 0. The number of benzene rings is 1. The topological polar surface area (TPSA) is 58.9 Å². The number of hydrogen-bond acceptors (Lipinski definition) is 3. The number of nitrogens with two attached hydrogens (primary N) is 1. The van der Waals surface area contributed by atoms with E-state index in [0.717, 1.165) is 31.0 Å². The second-order valence-corrected chi connectivity index (χ2v) is 4.67. The van der Waals surface area contributed by atoms with Crippen LogP contribution in [0.3, 0.4) is 0 Å². The van der Waals surface area contributed by atoms with Gasteiger partial charge in [0, 0.05) is 20.1 Å². The van der Waals surface area contributed by atoms with Gasteiger partial charge < -0.3 is 28.8 Å². The van der Waals surface area contributed by atoms with Crippen LogP contribution in [0.4, 0.5) is 11.4 Å². The van der Waals surface area contributed by atoms with Crippen molar-refractivity contribution in [3.63, 3.8) is 0 Å².